The minimum Gasteiger partial charge on any atom is -0.480 e. The number of hydrogen-bond acceptors (Lipinski definition) is 3. The van der Waals surface area contributed by atoms with Gasteiger partial charge in [-0.05, 0) is 29.2 Å². The van der Waals surface area contributed by atoms with Crippen molar-refractivity contribution in [3.63, 3.8) is 0 Å². The van der Waals surface area contributed by atoms with Gasteiger partial charge in [0, 0.05) is 22.9 Å². The summed E-state index contributed by atoms with van der Waals surface area (Å²) in [5.41, 5.74) is 5.93. The highest BCUT2D eigenvalue weighted by Crippen LogP contribution is 2.36. The number of aromatic hydroxyl groups is 1. The minimum absolute atomic E-state index is 0.0785. The summed E-state index contributed by atoms with van der Waals surface area (Å²) < 4.78 is 5.59. The van der Waals surface area contributed by atoms with E-state index in [-0.39, 0.29) is 11.4 Å². The van der Waals surface area contributed by atoms with Crippen molar-refractivity contribution >= 4 is 23.6 Å². The van der Waals surface area contributed by atoms with Gasteiger partial charge in [-0.15, -0.1) is 0 Å². The number of benzene rings is 2. The molecule has 0 amide bonds. The number of fused-ring (bicyclic) bond motifs is 1. The van der Waals surface area contributed by atoms with Gasteiger partial charge in [-0.3, -0.25) is 4.99 Å². The van der Waals surface area contributed by atoms with Crippen LogP contribution in [0.1, 0.15) is 37.5 Å². The molecule has 2 heterocycles. The molecule has 3 nitrogen and oxygen atoms in total. The van der Waals surface area contributed by atoms with E-state index >= 15 is 0 Å². The molecule has 3 aromatic rings. The Morgan fingerprint density at radius 3 is 2.46 bits per heavy atom. The average molecular weight is 343 g/mol. The topological polar surface area (TPSA) is 45.7 Å². The molecular formula is C23H21NO2. The predicted molar refractivity (Wildman–Crippen MR) is 107 cm³/mol. The van der Waals surface area contributed by atoms with Crippen LogP contribution in [0.5, 0.6) is 5.95 Å². The third-order valence-electron chi connectivity index (χ3n) is 4.64. The van der Waals surface area contributed by atoms with Crippen LogP contribution < -0.4 is 0 Å². The first-order valence-electron chi connectivity index (χ1n) is 8.71. The predicted octanol–water partition coefficient (Wildman–Crippen LogP) is 6.21. The molecule has 130 valence electrons. The second-order valence-corrected chi connectivity index (χ2v) is 7.57. The van der Waals surface area contributed by atoms with Gasteiger partial charge in [-0.2, -0.15) is 0 Å². The number of hydrogen-bond donors (Lipinski definition) is 1. The van der Waals surface area contributed by atoms with Crippen LogP contribution >= 0.6 is 0 Å². The molecule has 0 saturated carbocycles. The molecule has 0 aliphatic carbocycles. The highest BCUT2D eigenvalue weighted by Gasteiger charge is 2.16. The van der Waals surface area contributed by atoms with E-state index in [4.69, 9.17) is 4.42 Å². The molecule has 1 aromatic heterocycles. The van der Waals surface area contributed by atoms with Crippen molar-refractivity contribution in [3.05, 3.63) is 71.3 Å². The Morgan fingerprint density at radius 2 is 1.73 bits per heavy atom. The van der Waals surface area contributed by atoms with Crippen molar-refractivity contribution in [2.24, 2.45) is 4.99 Å². The molecule has 0 fully saturated rings. The fraction of sp³-hybridized carbons (Fsp3) is 0.174. The van der Waals surface area contributed by atoms with Gasteiger partial charge in [0.25, 0.3) is 5.95 Å². The number of nitrogens with zero attached hydrogens (tertiary/aromatic N) is 1. The van der Waals surface area contributed by atoms with Crippen molar-refractivity contribution < 1.29 is 9.52 Å². The van der Waals surface area contributed by atoms with Gasteiger partial charge in [0.15, 0.2) is 0 Å². The van der Waals surface area contributed by atoms with Crippen LogP contribution in [0.2, 0.25) is 0 Å². The van der Waals surface area contributed by atoms with Gasteiger partial charge < -0.3 is 9.52 Å². The summed E-state index contributed by atoms with van der Waals surface area (Å²) in [7, 11) is 0. The molecule has 4 rings (SSSR count). The second-order valence-electron chi connectivity index (χ2n) is 7.57. The highest BCUT2D eigenvalue weighted by atomic mass is 16.5. The van der Waals surface area contributed by atoms with E-state index in [1.165, 1.54) is 5.56 Å². The molecule has 1 aliphatic rings. The smallest absolute Gasteiger partial charge is 0.289 e. The molecule has 3 heteroatoms. The number of para-hydroxylation sites is 1. The molecule has 0 spiro atoms. The van der Waals surface area contributed by atoms with E-state index in [1.54, 1.807) is 0 Å². The molecule has 0 bridgehead atoms. The SMILES string of the molecule is CC(C)(C)c1ccc(-c2cc(C=C3C=Nc4ccccc43)c(O)o2)cc1. The molecular weight excluding hydrogens is 322 g/mol. The van der Waals surface area contributed by atoms with Gasteiger partial charge >= 0.3 is 0 Å². The van der Waals surface area contributed by atoms with E-state index in [1.807, 2.05) is 54.8 Å². The summed E-state index contributed by atoms with van der Waals surface area (Å²) in [4.78, 5) is 4.40. The summed E-state index contributed by atoms with van der Waals surface area (Å²) in [5.74, 6) is 0.572. The molecule has 1 N–H and O–H groups in total. The largest absolute Gasteiger partial charge is 0.480 e. The molecule has 0 saturated heterocycles. The van der Waals surface area contributed by atoms with Crippen LogP contribution in [0, 0.1) is 0 Å². The third-order valence-corrected chi connectivity index (χ3v) is 4.64. The second kappa shape index (κ2) is 6.03. The van der Waals surface area contributed by atoms with E-state index in [0.29, 0.717) is 11.3 Å². The van der Waals surface area contributed by atoms with E-state index in [9.17, 15) is 5.11 Å². The Balaban J connectivity index is 1.67. The van der Waals surface area contributed by atoms with Crippen LogP contribution in [0.15, 0.2) is 64.0 Å². The van der Waals surface area contributed by atoms with Crippen LogP contribution in [0.4, 0.5) is 5.69 Å². The summed E-state index contributed by atoms with van der Waals surface area (Å²) >= 11 is 0. The number of aliphatic imine (C=N–C) groups is 1. The fourth-order valence-electron chi connectivity index (χ4n) is 3.10. The average Bonchev–Trinajstić information content (AvgIpc) is 3.19. The molecule has 0 radical (unpaired) electrons. The lowest BCUT2D eigenvalue weighted by atomic mass is 9.86. The molecule has 2 aromatic carbocycles. The molecule has 0 unspecified atom stereocenters. The number of rotatable bonds is 2. The van der Waals surface area contributed by atoms with Crippen molar-refractivity contribution in [1.29, 1.82) is 0 Å². The first-order valence-corrected chi connectivity index (χ1v) is 8.71. The number of furan rings is 1. The summed E-state index contributed by atoms with van der Waals surface area (Å²) in [6, 6.07) is 18.1. The quantitative estimate of drug-likeness (QED) is 0.601. The number of allylic oxidation sites excluding steroid dienone is 1. The lowest BCUT2D eigenvalue weighted by Gasteiger charge is -2.18. The van der Waals surface area contributed by atoms with Crippen molar-refractivity contribution in [1.82, 2.24) is 0 Å². The lowest BCUT2D eigenvalue weighted by Crippen LogP contribution is -2.10. The zero-order chi connectivity index (χ0) is 18.3. The Morgan fingerprint density at radius 1 is 1.00 bits per heavy atom. The first-order chi connectivity index (χ1) is 12.4. The van der Waals surface area contributed by atoms with Crippen LogP contribution in [0.25, 0.3) is 23.0 Å². The Kier molecular flexibility index (Phi) is 3.80. The zero-order valence-corrected chi connectivity index (χ0v) is 15.2. The highest BCUT2D eigenvalue weighted by molar-refractivity contribution is 6.21. The van der Waals surface area contributed by atoms with Gasteiger partial charge in [0.05, 0.1) is 11.3 Å². The lowest BCUT2D eigenvalue weighted by molar-refractivity contribution is 0.337. The van der Waals surface area contributed by atoms with Crippen LogP contribution in [-0.2, 0) is 5.41 Å². The van der Waals surface area contributed by atoms with Crippen molar-refractivity contribution in [3.8, 4) is 17.3 Å². The summed E-state index contributed by atoms with van der Waals surface area (Å²) in [6.07, 6.45) is 3.72. The molecule has 0 atom stereocenters. The molecule has 26 heavy (non-hydrogen) atoms. The van der Waals surface area contributed by atoms with E-state index in [0.717, 1.165) is 22.4 Å². The third kappa shape index (κ3) is 2.97. The van der Waals surface area contributed by atoms with Gasteiger partial charge in [-0.25, -0.2) is 0 Å². The Bertz CT molecular complexity index is 1020. The standard InChI is InChI=1S/C23H21NO2/c1-23(2,3)18-10-8-15(9-11-18)21-13-16(22(25)26-21)12-17-14-24-20-7-5-4-6-19(17)20/h4-14,25H,1-3H3. The van der Waals surface area contributed by atoms with Gasteiger partial charge in [0.1, 0.15) is 5.76 Å². The van der Waals surface area contributed by atoms with E-state index < -0.39 is 0 Å². The van der Waals surface area contributed by atoms with Gasteiger partial charge in [-0.1, -0.05) is 63.2 Å². The Hall–Kier alpha value is -3.07. The summed E-state index contributed by atoms with van der Waals surface area (Å²) in [6.45, 7) is 6.56. The van der Waals surface area contributed by atoms with Crippen LogP contribution in [-0.4, -0.2) is 11.3 Å². The zero-order valence-electron chi connectivity index (χ0n) is 15.2. The monoisotopic (exact) mass is 343 g/mol. The first kappa shape index (κ1) is 16.4. The summed E-state index contributed by atoms with van der Waals surface area (Å²) in [5, 5.41) is 10.2. The fourth-order valence-corrected chi connectivity index (χ4v) is 3.10. The van der Waals surface area contributed by atoms with Gasteiger partial charge in [0.2, 0.25) is 0 Å². The van der Waals surface area contributed by atoms with Crippen molar-refractivity contribution in [2.75, 3.05) is 0 Å². The Labute approximate surface area is 153 Å². The van der Waals surface area contributed by atoms with E-state index in [2.05, 4.69) is 37.9 Å². The maximum Gasteiger partial charge on any atom is 0.289 e. The maximum absolute atomic E-state index is 10.2. The molecule has 1 aliphatic heterocycles. The van der Waals surface area contributed by atoms with Crippen molar-refractivity contribution in [2.45, 2.75) is 26.2 Å². The minimum atomic E-state index is -0.0785. The maximum atomic E-state index is 10.2. The van der Waals surface area contributed by atoms with Crippen LogP contribution in [0.3, 0.4) is 0 Å². The normalized spacial score (nSPS) is 14.8.